The monoisotopic (exact) mass is 279 g/mol. The average molecular weight is 279 g/mol. The zero-order chi connectivity index (χ0) is 15.2. The number of carbonyl (C=O) groups excluding carboxylic acids is 1. The Morgan fingerprint density at radius 3 is 2.40 bits per heavy atom. The molecule has 112 valence electrons. The molecule has 1 amide bonds. The maximum atomic E-state index is 12.1. The number of benzene rings is 1. The Labute approximate surface area is 121 Å². The minimum absolute atomic E-state index is 0.250. The van der Waals surface area contributed by atoms with Gasteiger partial charge in [0.25, 0.3) is 0 Å². The van der Waals surface area contributed by atoms with Crippen LogP contribution in [0.5, 0.6) is 0 Å². The topological polar surface area (TPSA) is 49.8 Å². The predicted molar refractivity (Wildman–Crippen MR) is 79.3 cm³/mol. The number of aliphatic hydroxyl groups is 1. The van der Waals surface area contributed by atoms with Crippen LogP contribution in [0.1, 0.15) is 33.3 Å². The minimum atomic E-state index is -0.930. The summed E-state index contributed by atoms with van der Waals surface area (Å²) in [5.74, 6) is 0.321. The van der Waals surface area contributed by atoms with Gasteiger partial charge in [-0.25, -0.2) is 4.79 Å². The van der Waals surface area contributed by atoms with E-state index in [0.29, 0.717) is 12.5 Å². The number of hydrogen-bond donors (Lipinski definition) is 1. The van der Waals surface area contributed by atoms with Crippen LogP contribution in [-0.4, -0.2) is 34.8 Å². The van der Waals surface area contributed by atoms with Crippen molar-refractivity contribution in [3.05, 3.63) is 35.9 Å². The van der Waals surface area contributed by atoms with Crippen molar-refractivity contribution < 1.29 is 14.6 Å². The quantitative estimate of drug-likeness (QED) is 0.870. The Bertz CT molecular complexity index is 409. The fraction of sp³-hybridized carbons (Fsp3) is 0.562. The summed E-state index contributed by atoms with van der Waals surface area (Å²) in [6, 6.07) is 9.56. The molecule has 0 saturated heterocycles. The molecule has 1 rings (SSSR count). The number of nitrogens with zero attached hydrogens (tertiary/aromatic N) is 1. The number of carbonyl (C=O) groups is 1. The third-order valence-corrected chi connectivity index (χ3v) is 2.63. The van der Waals surface area contributed by atoms with Crippen molar-refractivity contribution in [2.45, 2.75) is 39.9 Å². The number of amides is 1. The molecule has 0 aliphatic rings. The van der Waals surface area contributed by atoms with E-state index in [1.165, 1.54) is 0 Å². The highest BCUT2D eigenvalue weighted by Gasteiger charge is 2.24. The van der Waals surface area contributed by atoms with Crippen LogP contribution in [0.2, 0.25) is 0 Å². The molecule has 4 nitrogen and oxygen atoms in total. The fourth-order valence-corrected chi connectivity index (χ4v) is 1.92. The van der Waals surface area contributed by atoms with Crippen molar-refractivity contribution in [1.82, 2.24) is 4.90 Å². The molecule has 0 fully saturated rings. The van der Waals surface area contributed by atoms with Gasteiger partial charge >= 0.3 is 6.09 Å². The smallest absolute Gasteiger partial charge is 0.410 e. The van der Waals surface area contributed by atoms with E-state index in [1.807, 2.05) is 44.2 Å². The molecular formula is C16H25NO3. The summed E-state index contributed by atoms with van der Waals surface area (Å²) < 4.78 is 5.31. The molecule has 0 radical (unpaired) electrons. The molecule has 1 aromatic carbocycles. The van der Waals surface area contributed by atoms with Gasteiger partial charge in [-0.15, -0.1) is 0 Å². The van der Waals surface area contributed by atoms with Gasteiger partial charge in [-0.3, -0.25) is 0 Å². The van der Waals surface area contributed by atoms with Gasteiger partial charge in [0, 0.05) is 6.54 Å². The standard InChI is InChI=1S/C16H25NO3/c1-13(2)10-17(12-16(3,4)19)15(18)20-11-14-8-6-5-7-9-14/h5-9,13,19H,10-12H2,1-4H3. The molecule has 0 saturated carbocycles. The van der Waals surface area contributed by atoms with Crippen LogP contribution in [0.15, 0.2) is 30.3 Å². The Morgan fingerprint density at radius 1 is 1.30 bits per heavy atom. The lowest BCUT2D eigenvalue weighted by atomic mass is 10.1. The van der Waals surface area contributed by atoms with Crippen molar-refractivity contribution >= 4 is 6.09 Å². The molecule has 1 aromatic rings. The minimum Gasteiger partial charge on any atom is -0.445 e. The van der Waals surface area contributed by atoms with Crippen molar-refractivity contribution in [1.29, 1.82) is 0 Å². The third-order valence-electron chi connectivity index (χ3n) is 2.63. The Morgan fingerprint density at radius 2 is 1.90 bits per heavy atom. The summed E-state index contributed by atoms with van der Waals surface area (Å²) in [5.41, 5.74) is 0.0225. The lowest BCUT2D eigenvalue weighted by molar-refractivity contribution is 0.0226. The zero-order valence-corrected chi connectivity index (χ0v) is 12.8. The molecule has 0 aromatic heterocycles. The largest absolute Gasteiger partial charge is 0.445 e. The molecule has 0 spiro atoms. The molecule has 0 atom stereocenters. The van der Waals surface area contributed by atoms with Crippen LogP contribution in [0.25, 0.3) is 0 Å². The Kier molecular flexibility index (Phi) is 6.02. The maximum absolute atomic E-state index is 12.1. The Hall–Kier alpha value is -1.55. The molecular weight excluding hydrogens is 254 g/mol. The number of rotatable bonds is 6. The molecule has 20 heavy (non-hydrogen) atoms. The normalized spacial score (nSPS) is 11.5. The summed E-state index contributed by atoms with van der Waals surface area (Å²) in [6.45, 7) is 8.51. The van der Waals surface area contributed by atoms with E-state index in [9.17, 15) is 9.90 Å². The molecule has 0 bridgehead atoms. The second-order valence-corrected chi connectivity index (χ2v) is 6.13. The van der Waals surface area contributed by atoms with Crippen molar-refractivity contribution in [3.8, 4) is 0 Å². The maximum Gasteiger partial charge on any atom is 0.410 e. The van der Waals surface area contributed by atoms with Crippen LogP contribution in [0.4, 0.5) is 4.79 Å². The lowest BCUT2D eigenvalue weighted by Gasteiger charge is -2.29. The first-order valence-corrected chi connectivity index (χ1v) is 6.96. The first-order valence-electron chi connectivity index (χ1n) is 6.96. The van der Waals surface area contributed by atoms with Crippen LogP contribution in [0, 0.1) is 5.92 Å². The van der Waals surface area contributed by atoms with Gasteiger partial charge in [-0.05, 0) is 25.3 Å². The van der Waals surface area contributed by atoms with E-state index in [2.05, 4.69) is 0 Å². The van der Waals surface area contributed by atoms with Crippen molar-refractivity contribution in [2.75, 3.05) is 13.1 Å². The first kappa shape index (κ1) is 16.5. The van der Waals surface area contributed by atoms with Gasteiger partial charge in [0.1, 0.15) is 6.61 Å². The van der Waals surface area contributed by atoms with E-state index in [0.717, 1.165) is 5.56 Å². The fourth-order valence-electron chi connectivity index (χ4n) is 1.92. The number of hydrogen-bond acceptors (Lipinski definition) is 3. The third kappa shape index (κ3) is 6.57. The highest BCUT2D eigenvalue weighted by Crippen LogP contribution is 2.11. The van der Waals surface area contributed by atoms with E-state index in [4.69, 9.17) is 4.74 Å². The average Bonchev–Trinajstić information content (AvgIpc) is 2.34. The lowest BCUT2D eigenvalue weighted by Crippen LogP contribution is -2.44. The van der Waals surface area contributed by atoms with Gasteiger partial charge in [-0.1, -0.05) is 44.2 Å². The molecule has 0 heterocycles. The van der Waals surface area contributed by atoms with Gasteiger partial charge < -0.3 is 14.7 Å². The van der Waals surface area contributed by atoms with Gasteiger partial charge in [0.05, 0.1) is 12.1 Å². The highest BCUT2D eigenvalue weighted by atomic mass is 16.6. The van der Waals surface area contributed by atoms with Crippen molar-refractivity contribution in [2.24, 2.45) is 5.92 Å². The SMILES string of the molecule is CC(C)CN(CC(C)(C)O)C(=O)OCc1ccccc1. The van der Waals surface area contributed by atoms with Crippen LogP contribution in [0.3, 0.4) is 0 Å². The molecule has 1 N–H and O–H groups in total. The van der Waals surface area contributed by atoms with Crippen LogP contribution >= 0.6 is 0 Å². The highest BCUT2D eigenvalue weighted by molar-refractivity contribution is 5.67. The summed E-state index contributed by atoms with van der Waals surface area (Å²) in [5, 5.41) is 9.89. The second kappa shape index (κ2) is 7.29. The summed E-state index contributed by atoms with van der Waals surface area (Å²) >= 11 is 0. The second-order valence-electron chi connectivity index (χ2n) is 6.13. The molecule has 0 unspecified atom stereocenters. The predicted octanol–water partition coefficient (Wildman–Crippen LogP) is 3.05. The van der Waals surface area contributed by atoms with Crippen LogP contribution < -0.4 is 0 Å². The number of ether oxygens (including phenoxy) is 1. The molecule has 0 aliphatic heterocycles. The van der Waals surface area contributed by atoms with Crippen molar-refractivity contribution in [3.63, 3.8) is 0 Å². The van der Waals surface area contributed by atoms with E-state index >= 15 is 0 Å². The van der Waals surface area contributed by atoms with Crippen LogP contribution in [-0.2, 0) is 11.3 Å². The van der Waals surface area contributed by atoms with E-state index in [1.54, 1.807) is 18.7 Å². The Balaban J connectivity index is 2.58. The van der Waals surface area contributed by atoms with E-state index in [-0.39, 0.29) is 19.2 Å². The first-order chi connectivity index (χ1) is 9.28. The molecule has 4 heteroatoms. The van der Waals surface area contributed by atoms with Gasteiger partial charge in [-0.2, -0.15) is 0 Å². The zero-order valence-electron chi connectivity index (χ0n) is 12.8. The van der Waals surface area contributed by atoms with Gasteiger partial charge in [0.2, 0.25) is 0 Å². The van der Waals surface area contributed by atoms with Gasteiger partial charge in [0.15, 0.2) is 0 Å². The summed E-state index contributed by atoms with van der Waals surface area (Å²) in [4.78, 5) is 13.7. The summed E-state index contributed by atoms with van der Waals surface area (Å²) in [7, 11) is 0. The van der Waals surface area contributed by atoms with E-state index < -0.39 is 5.60 Å². The summed E-state index contributed by atoms with van der Waals surface area (Å²) in [6.07, 6.45) is -0.385. The molecule has 0 aliphatic carbocycles.